The van der Waals surface area contributed by atoms with E-state index in [-0.39, 0.29) is 18.1 Å². The smallest absolute Gasteiger partial charge is 0.328 e. The normalized spacial score (nSPS) is 11.1. The number of benzene rings is 1. The Kier molecular flexibility index (Phi) is 5.03. The minimum absolute atomic E-state index is 0.244. The molecule has 0 atom stereocenters. The number of halogens is 1. The van der Waals surface area contributed by atoms with Gasteiger partial charge in [0.1, 0.15) is 11.4 Å². The van der Waals surface area contributed by atoms with Gasteiger partial charge in [-0.2, -0.15) is 0 Å². The lowest BCUT2D eigenvalue weighted by Gasteiger charge is -2.20. The van der Waals surface area contributed by atoms with Gasteiger partial charge in [0.2, 0.25) is 5.91 Å². The molecule has 0 aliphatic rings. The number of nitrogens with one attached hydrogen (secondary N) is 1. The highest BCUT2D eigenvalue weighted by atomic mass is 19.1. The van der Waals surface area contributed by atoms with Crippen molar-refractivity contribution in [3.05, 3.63) is 35.6 Å². The van der Waals surface area contributed by atoms with Crippen molar-refractivity contribution in [1.82, 2.24) is 5.32 Å². The molecule has 104 valence electrons. The number of hydrogen-bond donors (Lipinski definition) is 2. The highest BCUT2D eigenvalue weighted by Crippen LogP contribution is 2.08. The fraction of sp³-hybridized carbons (Fsp3) is 0.429. The van der Waals surface area contributed by atoms with Gasteiger partial charge in [-0.3, -0.25) is 4.79 Å². The summed E-state index contributed by atoms with van der Waals surface area (Å²) in [4.78, 5) is 22.4. The molecule has 1 amide bonds. The molecule has 0 aromatic heterocycles. The maximum absolute atomic E-state index is 12.7. The standard InChI is InChI=1S/C14H18FNO3/c1-14(2,13(18)19)16-12(17)5-3-4-10-6-8-11(15)9-7-10/h6-9H,3-5H2,1-2H3,(H,16,17)(H,18,19). The average Bonchev–Trinajstić information content (AvgIpc) is 2.31. The first-order chi connectivity index (χ1) is 8.81. The molecule has 1 aromatic carbocycles. The van der Waals surface area contributed by atoms with Gasteiger partial charge in [-0.25, -0.2) is 9.18 Å². The lowest BCUT2D eigenvalue weighted by molar-refractivity contribution is -0.146. The molecule has 0 bridgehead atoms. The molecular weight excluding hydrogens is 249 g/mol. The van der Waals surface area contributed by atoms with Gasteiger partial charge in [-0.15, -0.1) is 0 Å². The first-order valence-corrected chi connectivity index (χ1v) is 6.10. The SMILES string of the molecule is CC(C)(NC(=O)CCCc1ccc(F)cc1)C(=O)O. The van der Waals surface area contributed by atoms with Crippen LogP contribution >= 0.6 is 0 Å². The summed E-state index contributed by atoms with van der Waals surface area (Å²) < 4.78 is 12.7. The Bertz CT molecular complexity index is 454. The van der Waals surface area contributed by atoms with Crippen LogP contribution in [0.3, 0.4) is 0 Å². The molecule has 1 rings (SSSR count). The van der Waals surface area contributed by atoms with Gasteiger partial charge in [0.25, 0.3) is 0 Å². The summed E-state index contributed by atoms with van der Waals surface area (Å²) in [7, 11) is 0. The molecule has 0 saturated carbocycles. The molecule has 0 spiro atoms. The zero-order chi connectivity index (χ0) is 14.5. The first kappa shape index (κ1) is 15.1. The number of carboxylic acids is 1. The van der Waals surface area contributed by atoms with Gasteiger partial charge in [0.05, 0.1) is 0 Å². The largest absolute Gasteiger partial charge is 0.480 e. The summed E-state index contributed by atoms with van der Waals surface area (Å²) in [6, 6.07) is 6.11. The number of carbonyl (C=O) groups excluding carboxylic acids is 1. The highest BCUT2D eigenvalue weighted by Gasteiger charge is 2.28. The van der Waals surface area contributed by atoms with Crippen LogP contribution in [0, 0.1) is 5.82 Å². The molecule has 2 N–H and O–H groups in total. The van der Waals surface area contributed by atoms with Crippen molar-refractivity contribution in [3.63, 3.8) is 0 Å². The van der Waals surface area contributed by atoms with Crippen molar-refractivity contribution in [1.29, 1.82) is 0 Å². The Morgan fingerprint density at radius 3 is 2.37 bits per heavy atom. The predicted octanol–water partition coefficient (Wildman–Crippen LogP) is 2.13. The van der Waals surface area contributed by atoms with Gasteiger partial charge in [0.15, 0.2) is 0 Å². The van der Waals surface area contributed by atoms with Crippen LogP contribution in [0.25, 0.3) is 0 Å². The van der Waals surface area contributed by atoms with Crippen molar-refractivity contribution >= 4 is 11.9 Å². The second-order valence-corrected chi connectivity index (χ2v) is 4.96. The molecular formula is C14H18FNO3. The molecule has 0 unspecified atom stereocenters. The van der Waals surface area contributed by atoms with Crippen LogP contribution in [0.4, 0.5) is 4.39 Å². The average molecular weight is 267 g/mol. The third kappa shape index (κ3) is 5.07. The summed E-state index contributed by atoms with van der Waals surface area (Å²) in [6.45, 7) is 2.88. The Morgan fingerprint density at radius 2 is 1.84 bits per heavy atom. The summed E-state index contributed by atoms with van der Waals surface area (Å²) in [6.07, 6.45) is 1.49. The van der Waals surface area contributed by atoms with E-state index >= 15 is 0 Å². The van der Waals surface area contributed by atoms with Crippen molar-refractivity contribution in [2.75, 3.05) is 0 Å². The number of carbonyl (C=O) groups is 2. The lowest BCUT2D eigenvalue weighted by Crippen LogP contribution is -2.49. The molecule has 4 nitrogen and oxygen atoms in total. The van der Waals surface area contributed by atoms with E-state index < -0.39 is 11.5 Å². The minimum Gasteiger partial charge on any atom is -0.480 e. The van der Waals surface area contributed by atoms with Crippen LogP contribution < -0.4 is 5.32 Å². The highest BCUT2D eigenvalue weighted by molar-refractivity contribution is 5.86. The van der Waals surface area contributed by atoms with Crippen molar-refractivity contribution < 1.29 is 19.1 Å². The van der Waals surface area contributed by atoms with Crippen LogP contribution in [-0.2, 0) is 16.0 Å². The van der Waals surface area contributed by atoms with Gasteiger partial charge < -0.3 is 10.4 Å². The number of aryl methyl sites for hydroxylation is 1. The van der Waals surface area contributed by atoms with Gasteiger partial charge >= 0.3 is 5.97 Å². The molecule has 0 aliphatic carbocycles. The van der Waals surface area contributed by atoms with Crippen molar-refractivity contribution in [2.45, 2.75) is 38.6 Å². The van der Waals surface area contributed by atoms with E-state index in [0.717, 1.165) is 5.56 Å². The third-order valence-corrected chi connectivity index (χ3v) is 2.77. The van der Waals surface area contributed by atoms with E-state index in [1.165, 1.54) is 26.0 Å². The van der Waals surface area contributed by atoms with Crippen LogP contribution in [0.2, 0.25) is 0 Å². The Labute approximate surface area is 111 Å². The fourth-order valence-electron chi connectivity index (χ4n) is 1.57. The number of amides is 1. The molecule has 0 radical (unpaired) electrons. The van der Waals surface area contributed by atoms with E-state index in [1.54, 1.807) is 12.1 Å². The summed E-state index contributed by atoms with van der Waals surface area (Å²) in [5, 5.41) is 11.3. The van der Waals surface area contributed by atoms with Crippen LogP contribution in [0.5, 0.6) is 0 Å². The molecule has 5 heteroatoms. The maximum atomic E-state index is 12.7. The van der Waals surface area contributed by atoms with Gasteiger partial charge in [-0.05, 0) is 44.4 Å². The monoisotopic (exact) mass is 267 g/mol. The maximum Gasteiger partial charge on any atom is 0.328 e. The molecule has 0 aliphatic heterocycles. The van der Waals surface area contributed by atoms with Crippen LogP contribution in [0.1, 0.15) is 32.3 Å². The second kappa shape index (κ2) is 6.31. The Morgan fingerprint density at radius 1 is 1.26 bits per heavy atom. The quantitative estimate of drug-likeness (QED) is 0.829. The third-order valence-electron chi connectivity index (χ3n) is 2.77. The predicted molar refractivity (Wildman–Crippen MR) is 69.2 cm³/mol. The Hall–Kier alpha value is -1.91. The van der Waals surface area contributed by atoms with Crippen molar-refractivity contribution in [2.24, 2.45) is 0 Å². The van der Waals surface area contributed by atoms with E-state index in [1.807, 2.05) is 0 Å². The summed E-state index contributed by atoms with van der Waals surface area (Å²) >= 11 is 0. The van der Waals surface area contributed by atoms with E-state index in [2.05, 4.69) is 5.32 Å². The Balaban J connectivity index is 2.35. The van der Waals surface area contributed by atoms with E-state index in [0.29, 0.717) is 12.8 Å². The lowest BCUT2D eigenvalue weighted by atomic mass is 10.0. The van der Waals surface area contributed by atoms with Crippen LogP contribution in [-0.4, -0.2) is 22.5 Å². The molecule has 0 fully saturated rings. The number of aliphatic carboxylic acids is 1. The number of hydrogen-bond acceptors (Lipinski definition) is 2. The van der Waals surface area contributed by atoms with Gasteiger partial charge in [0, 0.05) is 6.42 Å². The zero-order valence-corrected chi connectivity index (χ0v) is 11.1. The summed E-state index contributed by atoms with van der Waals surface area (Å²) in [5.74, 6) is -1.65. The second-order valence-electron chi connectivity index (χ2n) is 4.96. The van der Waals surface area contributed by atoms with Crippen molar-refractivity contribution in [3.8, 4) is 0 Å². The molecule has 0 heterocycles. The molecule has 19 heavy (non-hydrogen) atoms. The fourth-order valence-corrected chi connectivity index (χ4v) is 1.57. The number of carboxylic acid groups (broad SMARTS) is 1. The molecule has 1 aromatic rings. The minimum atomic E-state index is -1.26. The van der Waals surface area contributed by atoms with Crippen LogP contribution in [0.15, 0.2) is 24.3 Å². The van der Waals surface area contributed by atoms with E-state index in [4.69, 9.17) is 5.11 Å². The topological polar surface area (TPSA) is 66.4 Å². The zero-order valence-electron chi connectivity index (χ0n) is 11.1. The summed E-state index contributed by atoms with van der Waals surface area (Å²) in [5.41, 5.74) is -0.306. The first-order valence-electron chi connectivity index (χ1n) is 6.10. The van der Waals surface area contributed by atoms with E-state index in [9.17, 15) is 14.0 Å². The molecule has 0 saturated heterocycles. The van der Waals surface area contributed by atoms with Gasteiger partial charge in [-0.1, -0.05) is 12.1 Å². The number of rotatable bonds is 6.